The summed E-state index contributed by atoms with van der Waals surface area (Å²) in [6.07, 6.45) is 5.49. The molecule has 11 nitrogen and oxygen atoms in total. The summed E-state index contributed by atoms with van der Waals surface area (Å²) in [5.41, 5.74) is -0.226. The lowest BCUT2D eigenvalue weighted by atomic mass is 10.2. The molecule has 120 valence electrons. The van der Waals surface area contributed by atoms with E-state index in [4.69, 9.17) is 0 Å². The maximum atomic E-state index is 11.4. The number of non-ortho nitro benzene ring substituents is 1. The highest BCUT2D eigenvalue weighted by Gasteiger charge is 2.24. The van der Waals surface area contributed by atoms with Crippen LogP contribution in [-0.2, 0) is 0 Å². The summed E-state index contributed by atoms with van der Waals surface area (Å²) in [5.74, 6) is -0.0559. The van der Waals surface area contributed by atoms with Crippen LogP contribution in [0.4, 0.5) is 22.9 Å². The van der Waals surface area contributed by atoms with Gasteiger partial charge in [-0.05, 0) is 6.07 Å². The fourth-order valence-electron chi connectivity index (χ4n) is 2.04. The zero-order chi connectivity index (χ0) is 17.1. The van der Waals surface area contributed by atoms with Crippen molar-refractivity contribution in [1.29, 1.82) is 0 Å². The van der Waals surface area contributed by atoms with Crippen molar-refractivity contribution in [3.63, 3.8) is 0 Å². The molecule has 0 atom stereocenters. The van der Waals surface area contributed by atoms with Gasteiger partial charge in [-0.3, -0.25) is 24.8 Å². The van der Waals surface area contributed by atoms with Crippen molar-refractivity contribution in [3.8, 4) is 5.82 Å². The number of nitro benzene ring substituents is 1. The van der Waals surface area contributed by atoms with Gasteiger partial charge in [-0.1, -0.05) is 6.07 Å². The normalized spacial score (nSPS) is 10.3. The zero-order valence-electron chi connectivity index (χ0n) is 11.9. The van der Waals surface area contributed by atoms with Crippen molar-refractivity contribution < 1.29 is 9.85 Å². The number of nitrogens with zero attached hydrogens (tertiary/aromatic N) is 6. The largest absolute Gasteiger partial charge is 0.354 e. The number of aromatic nitrogens is 4. The third-order valence-corrected chi connectivity index (χ3v) is 3.05. The Labute approximate surface area is 133 Å². The van der Waals surface area contributed by atoms with Gasteiger partial charge in [-0.25, -0.2) is 15.0 Å². The van der Waals surface area contributed by atoms with Crippen molar-refractivity contribution in [1.82, 2.24) is 19.5 Å². The van der Waals surface area contributed by atoms with Gasteiger partial charge in [0.25, 0.3) is 5.69 Å². The van der Waals surface area contributed by atoms with Crippen LogP contribution in [-0.4, -0.2) is 29.4 Å². The molecule has 0 saturated heterocycles. The zero-order valence-corrected chi connectivity index (χ0v) is 11.9. The number of hydrogen-bond acceptors (Lipinski definition) is 8. The molecule has 1 N–H and O–H groups in total. The minimum absolute atomic E-state index is 0.0282. The summed E-state index contributed by atoms with van der Waals surface area (Å²) in [5, 5.41) is 25.0. The molecule has 3 aromatic rings. The van der Waals surface area contributed by atoms with Crippen LogP contribution in [0.5, 0.6) is 0 Å². The molecule has 3 rings (SSSR count). The molecule has 0 fully saturated rings. The first-order valence-corrected chi connectivity index (χ1v) is 6.55. The third-order valence-electron chi connectivity index (χ3n) is 3.05. The minimum atomic E-state index is -0.630. The second kappa shape index (κ2) is 6.08. The van der Waals surface area contributed by atoms with E-state index in [1.807, 2.05) is 0 Å². The second-order valence-corrected chi connectivity index (χ2v) is 4.55. The fourth-order valence-corrected chi connectivity index (χ4v) is 2.04. The van der Waals surface area contributed by atoms with Crippen LogP contribution in [0.25, 0.3) is 5.82 Å². The summed E-state index contributed by atoms with van der Waals surface area (Å²) in [6.45, 7) is 0. The molecule has 0 bridgehead atoms. The molecule has 0 aliphatic rings. The van der Waals surface area contributed by atoms with Gasteiger partial charge in [0.05, 0.1) is 9.85 Å². The molecule has 11 heteroatoms. The maximum Gasteiger partial charge on any atom is 0.354 e. The van der Waals surface area contributed by atoms with Crippen LogP contribution >= 0.6 is 0 Å². The molecular weight excluding hydrogens is 318 g/mol. The van der Waals surface area contributed by atoms with E-state index in [1.165, 1.54) is 47.6 Å². The molecule has 0 aliphatic carbocycles. The lowest BCUT2D eigenvalue weighted by Gasteiger charge is -2.08. The highest BCUT2D eigenvalue weighted by Crippen LogP contribution is 2.30. The van der Waals surface area contributed by atoms with Gasteiger partial charge >= 0.3 is 5.69 Å². The Morgan fingerprint density at radius 2 is 1.96 bits per heavy atom. The van der Waals surface area contributed by atoms with E-state index in [0.29, 0.717) is 5.69 Å². The maximum absolute atomic E-state index is 11.4. The Bertz CT molecular complexity index is 910. The van der Waals surface area contributed by atoms with Crippen LogP contribution < -0.4 is 5.32 Å². The first-order chi connectivity index (χ1) is 11.6. The monoisotopic (exact) mass is 327 g/mol. The van der Waals surface area contributed by atoms with Gasteiger partial charge in [-0.2, -0.15) is 0 Å². The van der Waals surface area contributed by atoms with E-state index in [-0.39, 0.29) is 23.0 Å². The molecule has 1 aromatic carbocycles. The highest BCUT2D eigenvalue weighted by atomic mass is 16.6. The predicted molar refractivity (Wildman–Crippen MR) is 82.2 cm³/mol. The van der Waals surface area contributed by atoms with E-state index in [9.17, 15) is 20.2 Å². The summed E-state index contributed by atoms with van der Waals surface area (Å²) >= 11 is 0. The molecule has 0 amide bonds. The Kier molecular flexibility index (Phi) is 3.81. The lowest BCUT2D eigenvalue weighted by Crippen LogP contribution is -2.07. The average molecular weight is 327 g/mol. The number of nitrogens with one attached hydrogen (secondary N) is 1. The Balaban J connectivity index is 2.05. The molecule has 2 aromatic heterocycles. The topological polar surface area (TPSA) is 142 Å². The van der Waals surface area contributed by atoms with Gasteiger partial charge in [0.15, 0.2) is 0 Å². The average Bonchev–Trinajstić information content (AvgIpc) is 3.09. The summed E-state index contributed by atoms with van der Waals surface area (Å²) in [4.78, 5) is 32.7. The molecule has 0 unspecified atom stereocenters. The first kappa shape index (κ1) is 15.0. The first-order valence-electron chi connectivity index (χ1n) is 6.55. The number of rotatable bonds is 5. The Morgan fingerprint density at radius 3 is 2.62 bits per heavy atom. The van der Waals surface area contributed by atoms with Crippen molar-refractivity contribution in [3.05, 3.63) is 69.5 Å². The van der Waals surface area contributed by atoms with Crippen molar-refractivity contribution in [2.24, 2.45) is 0 Å². The van der Waals surface area contributed by atoms with Crippen molar-refractivity contribution >= 4 is 22.9 Å². The fraction of sp³-hybridized carbons (Fsp3) is 0. The van der Waals surface area contributed by atoms with Crippen LogP contribution in [0.1, 0.15) is 0 Å². The number of benzene rings is 1. The molecular formula is C13H9N7O4. The summed E-state index contributed by atoms with van der Waals surface area (Å²) in [6, 6.07) is 5.57. The van der Waals surface area contributed by atoms with E-state index in [0.717, 1.165) is 6.33 Å². The van der Waals surface area contributed by atoms with E-state index in [1.54, 1.807) is 0 Å². The van der Waals surface area contributed by atoms with Gasteiger partial charge < -0.3 is 5.32 Å². The summed E-state index contributed by atoms with van der Waals surface area (Å²) in [7, 11) is 0. The summed E-state index contributed by atoms with van der Waals surface area (Å²) < 4.78 is 1.37. The highest BCUT2D eigenvalue weighted by molar-refractivity contribution is 5.71. The number of hydrogen-bond donors (Lipinski definition) is 1. The van der Waals surface area contributed by atoms with Crippen LogP contribution in [0.2, 0.25) is 0 Å². The second-order valence-electron chi connectivity index (χ2n) is 4.55. The molecule has 2 heterocycles. The van der Waals surface area contributed by atoms with Gasteiger partial charge in [0.2, 0.25) is 11.6 Å². The van der Waals surface area contributed by atoms with E-state index >= 15 is 0 Å². The number of nitro groups is 2. The standard InChI is InChI=1S/C13H9N7O4/c21-19(22)10-3-1-2-9(6-10)17-12-11(20(23)24)13(16-7-15-12)18-5-4-14-8-18/h1-8H,(H,15,16,17). The molecule has 0 saturated carbocycles. The predicted octanol–water partition coefficient (Wildman–Crippen LogP) is 2.22. The SMILES string of the molecule is O=[N+]([O-])c1cccc(Nc2ncnc(-n3ccnc3)c2[N+](=O)[O-])c1. The van der Waals surface area contributed by atoms with Crippen LogP contribution in [0.3, 0.4) is 0 Å². The third kappa shape index (κ3) is 2.85. The van der Waals surface area contributed by atoms with Crippen LogP contribution in [0, 0.1) is 20.2 Å². The minimum Gasteiger partial charge on any atom is -0.334 e. The van der Waals surface area contributed by atoms with Gasteiger partial charge in [0.1, 0.15) is 12.7 Å². The van der Waals surface area contributed by atoms with E-state index in [2.05, 4.69) is 20.3 Å². The van der Waals surface area contributed by atoms with Gasteiger partial charge in [-0.15, -0.1) is 0 Å². The Morgan fingerprint density at radius 1 is 1.12 bits per heavy atom. The Hall–Kier alpha value is -3.89. The van der Waals surface area contributed by atoms with E-state index < -0.39 is 9.85 Å². The number of imidazole rings is 1. The molecule has 24 heavy (non-hydrogen) atoms. The van der Waals surface area contributed by atoms with Gasteiger partial charge in [0, 0.05) is 30.2 Å². The smallest absolute Gasteiger partial charge is 0.334 e. The van der Waals surface area contributed by atoms with Crippen molar-refractivity contribution in [2.45, 2.75) is 0 Å². The van der Waals surface area contributed by atoms with Crippen molar-refractivity contribution in [2.75, 3.05) is 5.32 Å². The molecule has 0 radical (unpaired) electrons. The lowest BCUT2D eigenvalue weighted by molar-refractivity contribution is -0.384. The quantitative estimate of drug-likeness (QED) is 0.555. The van der Waals surface area contributed by atoms with Crippen LogP contribution in [0.15, 0.2) is 49.3 Å². The molecule has 0 spiro atoms. The molecule has 0 aliphatic heterocycles. The number of anilines is 2.